The molecule has 3 fully saturated rings. The fourth-order valence-corrected chi connectivity index (χ4v) is 4.61. The van der Waals surface area contributed by atoms with Crippen LogP contribution in [0.15, 0.2) is 23.3 Å². The Bertz CT molecular complexity index is 596. The van der Waals surface area contributed by atoms with Gasteiger partial charge in [-0.15, -0.1) is 0 Å². The van der Waals surface area contributed by atoms with E-state index in [-0.39, 0.29) is 17.3 Å². The molecule has 0 amide bonds. The van der Waals surface area contributed by atoms with Crippen molar-refractivity contribution in [2.75, 3.05) is 0 Å². The van der Waals surface area contributed by atoms with Gasteiger partial charge in [-0.1, -0.05) is 23.3 Å². The summed E-state index contributed by atoms with van der Waals surface area (Å²) in [5, 5.41) is 10.3. The van der Waals surface area contributed by atoms with Gasteiger partial charge in [0.05, 0.1) is 11.7 Å². The zero-order chi connectivity index (χ0) is 17.2. The van der Waals surface area contributed by atoms with E-state index in [9.17, 15) is 5.11 Å². The van der Waals surface area contributed by atoms with Gasteiger partial charge in [0.1, 0.15) is 17.3 Å². The summed E-state index contributed by atoms with van der Waals surface area (Å²) in [6, 6.07) is 0. The molecule has 3 aliphatic heterocycles. The summed E-state index contributed by atoms with van der Waals surface area (Å²) >= 11 is 0. The average Bonchev–Trinajstić information content (AvgIpc) is 3.34. The van der Waals surface area contributed by atoms with E-state index in [1.165, 1.54) is 11.1 Å². The Kier molecular flexibility index (Phi) is 3.78. The third kappa shape index (κ3) is 2.50. The van der Waals surface area contributed by atoms with Gasteiger partial charge in [0.25, 0.3) is 0 Å². The van der Waals surface area contributed by atoms with Crippen LogP contribution in [0.1, 0.15) is 66.2 Å². The van der Waals surface area contributed by atoms with Crippen molar-refractivity contribution in [3.63, 3.8) is 0 Å². The minimum atomic E-state index is -0.832. The van der Waals surface area contributed by atoms with Gasteiger partial charge in [0.15, 0.2) is 6.29 Å². The number of rotatable bonds is 0. The van der Waals surface area contributed by atoms with Gasteiger partial charge in [-0.25, -0.2) is 0 Å². The normalized spacial score (nSPS) is 55.8. The number of fused-ring (bicyclic) bond motifs is 1. The molecule has 0 unspecified atom stereocenters. The molecule has 24 heavy (non-hydrogen) atoms. The molecular weight excluding hydrogens is 304 g/mol. The van der Waals surface area contributed by atoms with Crippen molar-refractivity contribution in [1.82, 2.24) is 0 Å². The number of epoxide rings is 2. The van der Waals surface area contributed by atoms with Crippen LogP contribution < -0.4 is 0 Å². The quantitative estimate of drug-likeness (QED) is 0.543. The summed E-state index contributed by atoms with van der Waals surface area (Å²) in [5.74, 6) is 0. The molecule has 1 aliphatic carbocycles. The van der Waals surface area contributed by atoms with Crippen LogP contribution in [0.2, 0.25) is 0 Å². The summed E-state index contributed by atoms with van der Waals surface area (Å²) in [5.41, 5.74) is 1.84. The van der Waals surface area contributed by atoms with E-state index in [2.05, 4.69) is 32.9 Å². The summed E-state index contributed by atoms with van der Waals surface area (Å²) in [4.78, 5) is 0. The molecule has 1 spiro atoms. The maximum atomic E-state index is 10.3. The fourth-order valence-electron chi connectivity index (χ4n) is 4.61. The van der Waals surface area contributed by atoms with Crippen molar-refractivity contribution in [2.45, 2.75) is 102 Å². The monoisotopic (exact) mass is 334 g/mol. The van der Waals surface area contributed by atoms with Crippen LogP contribution in [-0.2, 0) is 14.2 Å². The SMILES string of the molecule is C/C1=C\[C@@H]2O[C@@H](O)[C@@]3(C)O[C@@]23CC/C(C)=C/CC[C@]2(C)O[C@H]2CC1. The number of hydrogen-bond donors (Lipinski definition) is 1. The molecule has 1 N–H and O–H groups in total. The fraction of sp³-hybridized carbons (Fsp3) is 0.800. The smallest absolute Gasteiger partial charge is 0.187 e. The first kappa shape index (κ1) is 16.8. The summed E-state index contributed by atoms with van der Waals surface area (Å²) in [6.07, 6.45) is 10.0. The van der Waals surface area contributed by atoms with E-state index < -0.39 is 11.9 Å². The second-order valence-electron chi connectivity index (χ2n) is 8.57. The maximum Gasteiger partial charge on any atom is 0.187 e. The second kappa shape index (κ2) is 5.41. The van der Waals surface area contributed by atoms with E-state index in [1.807, 2.05) is 6.92 Å². The van der Waals surface area contributed by atoms with Gasteiger partial charge in [0.2, 0.25) is 0 Å². The van der Waals surface area contributed by atoms with Gasteiger partial charge < -0.3 is 19.3 Å². The van der Waals surface area contributed by atoms with E-state index in [4.69, 9.17) is 14.2 Å². The van der Waals surface area contributed by atoms with Crippen LogP contribution in [0.3, 0.4) is 0 Å². The van der Waals surface area contributed by atoms with Gasteiger partial charge in [-0.2, -0.15) is 0 Å². The summed E-state index contributed by atoms with van der Waals surface area (Å²) in [7, 11) is 0. The highest BCUT2D eigenvalue weighted by Crippen LogP contribution is 2.62. The predicted octanol–water partition coefficient (Wildman–Crippen LogP) is 3.64. The number of allylic oxidation sites excluding steroid dienone is 3. The Morgan fingerprint density at radius 3 is 2.67 bits per heavy atom. The lowest BCUT2D eigenvalue weighted by atomic mass is 9.84. The van der Waals surface area contributed by atoms with Crippen LogP contribution >= 0.6 is 0 Å². The molecule has 0 radical (unpaired) electrons. The highest BCUT2D eigenvalue weighted by molar-refractivity contribution is 5.29. The molecule has 4 nitrogen and oxygen atoms in total. The predicted molar refractivity (Wildman–Crippen MR) is 91.6 cm³/mol. The Hall–Kier alpha value is -0.680. The first-order valence-corrected chi connectivity index (χ1v) is 9.34. The van der Waals surface area contributed by atoms with Crippen LogP contribution in [0.4, 0.5) is 0 Å². The number of aliphatic hydroxyl groups is 1. The van der Waals surface area contributed by atoms with Crippen LogP contribution in [0.25, 0.3) is 0 Å². The van der Waals surface area contributed by atoms with Crippen molar-refractivity contribution in [3.8, 4) is 0 Å². The third-order valence-corrected chi connectivity index (χ3v) is 6.70. The molecule has 0 aromatic rings. The molecule has 0 aromatic carbocycles. The van der Waals surface area contributed by atoms with E-state index in [1.54, 1.807) is 0 Å². The van der Waals surface area contributed by atoms with Crippen LogP contribution in [-0.4, -0.2) is 40.4 Å². The largest absolute Gasteiger partial charge is 0.366 e. The third-order valence-electron chi connectivity index (χ3n) is 6.70. The molecule has 3 saturated heterocycles. The maximum absolute atomic E-state index is 10.3. The standard InChI is InChI=1S/C20H30O4/c1-13-6-5-10-18(3)15(23-18)8-7-14(2)12-16-20(11-9-13)19(4,24-20)17(21)22-16/h6,12,15-17,21H,5,7-11H2,1-4H3/b13-6+,14-12+/t15-,16-,17+,18-,19+,20-/m0/s1. The molecule has 4 rings (SSSR count). The zero-order valence-corrected chi connectivity index (χ0v) is 15.3. The summed E-state index contributed by atoms with van der Waals surface area (Å²) < 4.78 is 17.9. The summed E-state index contributed by atoms with van der Waals surface area (Å²) in [6.45, 7) is 8.56. The van der Waals surface area contributed by atoms with Crippen molar-refractivity contribution >= 4 is 0 Å². The van der Waals surface area contributed by atoms with Crippen LogP contribution in [0, 0.1) is 0 Å². The number of aliphatic hydroxyl groups excluding tert-OH is 1. The van der Waals surface area contributed by atoms with Crippen molar-refractivity contribution in [2.24, 2.45) is 0 Å². The highest BCUT2D eigenvalue weighted by Gasteiger charge is 2.79. The Morgan fingerprint density at radius 1 is 1.12 bits per heavy atom. The topological polar surface area (TPSA) is 54.5 Å². The minimum Gasteiger partial charge on any atom is -0.366 e. The number of hydrogen-bond acceptors (Lipinski definition) is 4. The molecule has 4 heteroatoms. The van der Waals surface area contributed by atoms with Gasteiger partial charge in [-0.3, -0.25) is 0 Å². The lowest BCUT2D eigenvalue weighted by molar-refractivity contribution is -0.154. The molecule has 3 heterocycles. The van der Waals surface area contributed by atoms with E-state index >= 15 is 0 Å². The van der Waals surface area contributed by atoms with Gasteiger partial charge in [0, 0.05) is 0 Å². The minimum absolute atomic E-state index is 0.0701. The van der Waals surface area contributed by atoms with Crippen molar-refractivity contribution in [1.29, 1.82) is 0 Å². The van der Waals surface area contributed by atoms with Crippen molar-refractivity contribution in [3.05, 3.63) is 23.3 Å². The van der Waals surface area contributed by atoms with E-state index in [0.29, 0.717) is 6.10 Å². The Morgan fingerprint density at radius 2 is 1.92 bits per heavy atom. The molecule has 6 atom stereocenters. The first-order valence-electron chi connectivity index (χ1n) is 9.34. The van der Waals surface area contributed by atoms with Crippen molar-refractivity contribution < 1.29 is 19.3 Å². The second-order valence-corrected chi connectivity index (χ2v) is 8.57. The first-order chi connectivity index (χ1) is 11.3. The van der Waals surface area contributed by atoms with Gasteiger partial charge >= 0.3 is 0 Å². The molecule has 0 aromatic heterocycles. The average molecular weight is 334 g/mol. The van der Waals surface area contributed by atoms with Crippen LogP contribution in [0.5, 0.6) is 0 Å². The van der Waals surface area contributed by atoms with Gasteiger partial charge in [-0.05, 0) is 66.2 Å². The molecular formula is C20H30O4. The molecule has 0 saturated carbocycles. The lowest BCUT2D eigenvalue weighted by Crippen LogP contribution is -2.30. The zero-order valence-electron chi connectivity index (χ0n) is 15.3. The Balaban J connectivity index is 1.57. The molecule has 0 bridgehead atoms. The van der Waals surface area contributed by atoms with E-state index in [0.717, 1.165) is 38.5 Å². The molecule has 4 aliphatic rings. The lowest BCUT2D eigenvalue weighted by Gasteiger charge is -2.19. The molecule has 134 valence electrons. The number of ether oxygens (including phenoxy) is 3. The Labute approximate surface area is 144 Å². The highest BCUT2D eigenvalue weighted by atomic mass is 16.7.